The van der Waals surface area contributed by atoms with E-state index in [2.05, 4.69) is 5.32 Å². The van der Waals surface area contributed by atoms with Crippen LogP contribution in [0.15, 0.2) is 18.2 Å². The Morgan fingerprint density at radius 3 is 3.00 bits per heavy atom. The van der Waals surface area contributed by atoms with Crippen LogP contribution in [0, 0.1) is 0 Å². The van der Waals surface area contributed by atoms with E-state index in [0.717, 1.165) is 11.3 Å². The zero-order valence-electron chi connectivity index (χ0n) is 9.41. The molecule has 0 radical (unpaired) electrons. The maximum absolute atomic E-state index is 11.8. The van der Waals surface area contributed by atoms with Crippen molar-refractivity contribution in [2.75, 3.05) is 12.4 Å². The van der Waals surface area contributed by atoms with E-state index >= 15 is 0 Å². The second kappa shape index (κ2) is 3.70. The number of nitrogens with one attached hydrogen (secondary N) is 1. The van der Waals surface area contributed by atoms with Crippen molar-refractivity contribution < 1.29 is 14.6 Å². The summed E-state index contributed by atoms with van der Waals surface area (Å²) in [5.74, 6) is -0.0389. The van der Waals surface area contributed by atoms with Gasteiger partial charge in [-0.05, 0) is 30.2 Å². The molecule has 0 saturated carbocycles. The van der Waals surface area contributed by atoms with Crippen molar-refractivity contribution in [1.29, 1.82) is 0 Å². The maximum atomic E-state index is 11.8. The van der Waals surface area contributed by atoms with Crippen molar-refractivity contribution in [2.24, 2.45) is 0 Å². The molecule has 4 heteroatoms. The molecule has 0 amide bonds. The summed E-state index contributed by atoms with van der Waals surface area (Å²) in [5.41, 5.74) is 1.17. The normalized spacial score (nSPS) is 22.4. The minimum atomic E-state index is -0.676. The van der Waals surface area contributed by atoms with Gasteiger partial charge in [0.1, 0.15) is 11.3 Å². The lowest BCUT2D eigenvalue weighted by molar-refractivity contribution is -0.145. The molecule has 0 aliphatic carbocycles. The summed E-state index contributed by atoms with van der Waals surface area (Å²) in [6.07, 6.45) is 1.20. The van der Waals surface area contributed by atoms with Crippen LogP contribution < -0.4 is 5.32 Å². The molecule has 0 bridgehead atoms. The Labute approximate surface area is 94.2 Å². The molecule has 0 spiro atoms. The van der Waals surface area contributed by atoms with Crippen LogP contribution in [0.5, 0.6) is 5.75 Å². The van der Waals surface area contributed by atoms with Crippen molar-refractivity contribution in [3.05, 3.63) is 23.8 Å². The molecule has 1 unspecified atom stereocenters. The van der Waals surface area contributed by atoms with Gasteiger partial charge in [0.05, 0.1) is 7.11 Å². The van der Waals surface area contributed by atoms with Crippen LogP contribution in [0.25, 0.3) is 0 Å². The second-order valence-corrected chi connectivity index (χ2v) is 4.07. The summed E-state index contributed by atoms with van der Waals surface area (Å²) in [4.78, 5) is 11.8. The first-order valence-electron chi connectivity index (χ1n) is 5.30. The number of rotatable bonds is 2. The molecule has 1 aromatic rings. The number of fused-ring (bicyclic) bond motifs is 1. The first kappa shape index (κ1) is 10.8. The Morgan fingerprint density at radius 1 is 1.62 bits per heavy atom. The molecule has 0 aromatic heterocycles. The number of benzene rings is 1. The number of methoxy groups -OCH3 is 1. The molecule has 2 rings (SSSR count). The fourth-order valence-electron chi connectivity index (χ4n) is 2.15. The topological polar surface area (TPSA) is 58.6 Å². The van der Waals surface area contributed by atoms with Gasteiger partial charge in [0.25, 0.3) is 0 Å². The number of aromatic hydroxyl groups is 1. The van der Waals surface area contributed by atoms with Gasteiger partial charge < -0.3 is 15.2 Å². The monoisotopic (exact) mass is 221 g/mol. The first-order chi connectivity index (χ1) is 7.61. The van der Waals surface area contributed by atoms with E-state index in [1.807, 2.05) is 6.92 Å². The second-order valence-electron chi connectivity index (χ2n) is 4.07. The van der Waals surface area contributed by atoms with Gasteiger partial charge in [-0.25, -0.2) is 4.79 Å². The molecule has 4 nitrogen and oxygen atoms in total. The zero-order valence-corrected chi connectivity index (χ0v) is 9.41. The molecule has 1 heterocycles. The Kier molecular flexibility index (Phi) is 2.50. The lowest BCUT2D eigenvalue weighted by atomic mass is 9.92. The quantitative estimate of drug-likeness (QED) is 0.589. The average molecular weight is 221 g/mol. The summed E-state index contributed by atoms with van der Waals surface area (Å²) in [6.45, 7) is 1.94. The SMILES string of the molecule is CCC1(C(=O)OC)Cc2cc(O)ccc2N1. The van der Waals surface area contributed by atoms with E-state index in [1.165, 1.54) is 7.11 Å². The Balaban J connectivity index is 2.35. The van der Waals surface area contributed by atoms with E-state index < -0.39 is 5.54 Å². The number of phenols is 1. The summed E-state index contributed by atoms with van der Waals surface area (Å²) in [7, 11) is 1.39. The number of anilines is 1. The molecule has 86 valence electrons. The van der Waals surface area contributed by atoms with Gasteiger partial charge in [0, 0.05) is 12.1 Å². The van der Waals surface area contributed by atoms with E-state index in [1.54, 1.807) is 18.2 Å². The third-order valence-corrected chi connectivity index (χ3v) is 3.13. The third-order valence-electron chi connectivity index (χ3n) is 3.13. The van der Waals surface area contributed by atoms with Gasteiger partial charge in [-0.15, -0.1) is 0 Å². The summed E-state index contributed by atoms with van der Waals surface area (Å²) >= 11 is 0. The van der Waals surface area contributed by atoms with E-state index in [0.29, 0.717) is 12.8 Å². The standard InChI is InChI=1S/C12H15NO3/c1-3-12(11(15)16-2)7-8-6-9(14)4-5-10(8)13-12/h4-6,13-14H,3,7H2,1-2H3. The summed E-state index contributed by atoms with van der Waals surface area (Å²) in [6, 6.07) is 5.07. The molecular weight excluding hydrogens is 206 g/mol. The van der Waals surface area contributed by atoms with Gasteiger partial charge in [0.15, 0.2) is 0 Å². The smallest absolute Gasteiger partial charge is 0.331 e. The first-order valence-corrected chi connectivity index (χ1v) is 5.30. The predicted molar refractivity (Wildman–Crippen MR) is 60.5 cm³/mol. The molecule has 1 aliphatic heterocycles. The van der Waals surface area contributed by atoms with Gasteiger partial charge >= 0.3 is 5.97 Å². The Bertz CT molecular complexity index is 430. The highest BCUT2D eigenvalue weighted by molar-refractivity contribution is 5.88. The van der Waals surface area contributed by atoms with Crippen molar-refractivity contribution in [3.8, 4) is 5.75 Å². The minimum absolute atomic E-state index is 0.220. The number of carbonyl (C=O) groups is 1. The fraction of sp³-hybridized carbons (Fsp3) is 0.417. The Hall–Kier alpha value is -1.71. The van der Waals surface area contributed by atoms with E-state index in [-0.39, 0.29) is 11.7 Å². The predicted octanol–water partition coefficient (Wildman–Crippen LogP) is 1.68. The van der Waals surface area contributed by atoms with Crippen molar-refractivity contribution in [1.82, 2.24) is 0 Å². The average Bonchev–Trinajstić information content (AvgIpc) is 2.67. The van der Waals surface area contributed by atoms with Crippen molar-refractivity contribution in [2.45, 2.75) is 25.3 Å². The third kappa shape index (κ3) is 1.50. The number of ether oxygens (including phenoxy) is 1. The number of hydrogen-bond donors (Lipinski definition) is 2. The largest absolute Gasteiger partial charge is 0.508 e. The molecule has 2 N–H and O–H groups in total. The van der Waals surface area contributed by atoms with Crippen molar-refractivity contribution in [3.63, 3.8) is 0 Å². The van der Waals surface area contributed by atoms with Crippen LogP contribution in [-0.4, -0.2) is 23.7 Å². The van der Waals surface area contributed by atoms with Gasteiger partial charge in [-0.2, -0.15) is 0 Å². The van der Waals surface area contributed by atoms with Crippen LogP contribution >= 0.6 is 0 Å². The summed E-state index contributed by atoms with van der Waals surface area (Å²) in [5, 5.41) is 12.6. The van der Waals surface area contributed by atoms with Crippen LogP contribution in [0.1, 0.15) is 18.9 Å². The lowest BCUT2D eigenvalue weighted by Gasteiger charge is -2.25. The molecule has 16 heavy (non-hydrogen) atoms. The van der Waals surface area contributed by atoms with Crippen LogP contribution in [0.3, 0.4) is 0 Å². The molecule has 0 saturated heterocycles. The zero-order chi connectivity index (χ0) is 11.8. The van der Waals surface area contributed by atoms with E-state index in [9.17, 15) is 9.90 Å². The highest BCUT2D eigenvalue weighted by Gasteiger charge is 2.43. The number of phenolic OH excluding ortho intramolecular Hbond substituents is 1. The Morgan fingerprint density at radius 2 is 2.38 bits per heavy atom. The van der Waals surface area contributed by atoms with Gasteiger partial charge in [-0.1, -0.05) is 6.92 Å². The minimum Gasteiger partial charge on any atom is -0.508 e. The number of esters is 1. The highest BCUT2D eigenvalue weighted by atomic mass is 16.5. The van der Waals surface area contributed by atoms with E-state index in [4.69, 9.17) is 4.74 Å². The van der Waals surface area contributed by atoms with Gasteiger partial charge in [0.2, 0.25) is 0 Å². The lowest BCUT2D eigenvalue weighted by Crippen LogP contribution is -2.45. The van der Waals surface area contributed by atoms with Gasteiger partial charge in [-0.3, -0.25) is 0 Å². The number of carbonyl (C=O) groups excluding carboxylic acids is 1. The maximum Gasteiger partial charge on any atom is 0.331 e. The van der Waals surface area contributed by atoms with Crippen molar-refractivity contribution >= 4 is 11.7 Å². The fourth-order valence-corrected chi connectivity index (χ4v) is 2.15. The number of hydrogen-bond acceptors (Lipinski definition) is 4. The van der Waals surface area contributed by atoms with Crippen LogP contribution in [0.4, 0.5) is 5.69 Å². The highest BCUT2D eigenvalue weighted by Crippen LogP contribution is 2.36. The van der Waals surface area contributed by atoms with Crippen LogP contribution in [-0.2, 0) is 16.0 Å². The van der Waals surface area contributed by atoms with Crippen LogP contribution in [0.2, 0.25) is 0 Å². The molecule has 0 fully saturated rings. The molecule has 1 aromatic carbocycles. The molecule has 1 aliphatic rings. The molecule has 1 atom stereocenters. The summed E-state index contributed by atoms with van der Waals surface area (Å²) < 4.78 is 4.83. The molecular formula is C12H15NO3.